The molecule has 3 aromatic rings. The van der Waals surface area contributed by atoms with Crippen molar-refractivity contribution in [1.82, 2.24) is 0 Å². The zero-order valence-electron chi connectivity index (χ0n) is 20.1. The molecule has 4 rings (SSSR count). The van der Waals surface area contributed by atoms with Gasteiger partial charge in [0.2, 0.25) is 0 Å². The number of ketones is 1. The molecule has 1 fully saturated rings. The molecule has 1 aliphatic heterocycles. The Labute approximate surface area is 202 Å². The zero-order valence-corrected chi connectivity index (χ0v) is 20.1. The number of hydrogen-bond acceptors (Lipinski definition) is 4. The maximum atomic E-state index is 13.7. The first kappa shape index (κ1) is 23.7. The van der Waals surface area contributed by atoms with Crippen molar-refractivity contribution in [3.63, 3.8) is 0 Å². The number of carbonyl (C=O) groups is 2. The van der Waals surface area contributed by atoms with Gasteiger partial charge in [-0.3, -0.25) is 4.79 Å². The SMILES string of the molecule is CCCN(c1cccc(CC)c1)C1C(=O)CC(CCc2ccccc2)(c2ccccc2)OC1=O. The van der Waals surface area contributed by atoms with Crippen molar-refractivity contribution >= 4 is 17.4 Å². The predicted molar refractivity (Wildman–Crippen MR) is 136 cm³/mol. The third-order valence-electron chi connectivity index (χ3n) is 6.67. The molecule has 176 valence electrons. The van der Waals surface area contributed by atoms with E-state index in [-0.39, 0.29) is 12.2 Å². The van der Waals surface area contributed by atoms with Crippen molar-refractivity contribution in [1.29, 1.82) is 0 Å². The van der Waals surface area contributed by atoms with Gasteiger partial charge in [0.25, 0.3) is 0 Å². The highest BCUT2D eigenvalue weighted by Crippen LogP contribution is 2.40. The van der Waals surface area contributed by atoms with Crippen molar-refractivity contribution in [2.45, 2.75) is 57.6 Å². The van der Waals surface area contributed by atoms with Crippen molar-refractivity contribution in [2.24, 2.45) is 0 Å². The molecule has 0 N–H and O–H groups in total. The number of aryl methyl sites for hydroxylation is 2. The number of cyclic esters (lactones) is 1. The summed E-state index contributed by atoms with van der Waals surface area (Å²) in [6.07, 6.45) is 3.18. The first-order valence-corrected chi connectivity index (χ1v) is 12.3. The average molecular weight is 456 g/mol. The van der Waals surface area contributed by atoms with E-state index in [9.17, 15) is 9.59 Å². The van der Waals surface area contributed by atoms with Crippen molar-refractivity contribution in [2.75, 3.05) is 11.4 Å². The molecule has 0 amide bonds. The standard InChI is InChI=1S/C30H33NO3/c1-3-20-31(26-17-11-14-23(4-2)21-26)28-27(32)22-30(34-29(28)33,25-15-9-6-10-16-25)19-18-24-12-7-5-8-13-24/h5-17,21,28H,3-4,18-20,22H2,1-2H3. The quantitative estimate of drug-likeness (QED) is 0.299. The Bertz CT molecular complexity index is 1090. The lowest BCUT2D eigenvalue weighted by Crippen LogP contribution is -2.56. The second-order valence-electron chi connectivity index (χ2n) is 9.03. The van der Waals surface area contributed by atoms with Gasteiger partial charge in [0, 0.05) is 12.2 Å². The molecule has 3 aromatic carbocycles. The Kier molecular flexibility index (Phi) is 7.46. The van der Waals surface area contributed by atoms with Crippen LogP contribution in [0.1, 0.15) is 49.8 Å². The second-order valence-corrected chi connectivity index (χ2v) is 9.03. The molecule has 0 spiro atoms. The third-order valence-corrected chi connectivity index (χ3v) is 6.67. The second kappa shape index (κ2) is 10.7. The molecule has 0 aliphatic carbocycles. The summed E-state index contributed by atoms with van der Waals surface area (Å²) < 4.78 is 6.27. The van der Waals surface area contributed by atoms with Crippen molar-refractivity contribution in [3.05, 3.63) is 102 Å². The monoisotopic (exact) mass is 455 g/mol. The minimum absolute atomic E-state index is 0.0801. The van der Waals surface area contributed by atoms with E-state index in [2.05, 4.69) is 38.1 Å². The molecule has 0 saturated carbocycles. The van der Waals surface area contributed by atoms with E-state index in [0.717, 1.165) is 36.1 Å². The fourth-order valence-electron chi connectivity index (χ4n) is 4.88. The molecular weight excluding hydrogens is 422 g/mol. The van der Waals surface area contributed by atoms with Gasteiger partial charge < -0.3 is 9.64 Å². The summed E-state index contributed by atoms with van der Waals surface area (Å²) in [4.78, 5) is 29.2. The topological polar surface area (TPSA) is 46.6 Å². The molecule has 1 saturated heterocycles. The van der Waals surface area contributed by atoms with Crippen LogP contribution in [-0.4, -0.2) is 24.3 Å². The van der Waals surface area contributed by atoms with Gasteiger partial charge in [0.15, 0.2) is 11.8 Å². The largest absolute Gasteiger partial charge is 0.452 e. The molecule has 2 atom stereocenters. The van der Waals surface area contributed by atoms with E-state index in [0.29, 0.717) is 13.0 Å². The normalized spacial score (nSPS) is 20.1. The molecule has 1 heterocycles. The van der Waals surface area contributed by atoms with Gasteiger partial charge in [-0.05, 0) is 54.5 Å². The zero-order chi connectivity index (χ0) is 24.0. The van der Waals surface area contributed by atoms with E-state index in [1.807, 2.05) is 65.6 Å². The van der Waals surface area contributed by atoms with E-state index in [4.69, 9.17) is 4.74 Å². The van der Waals surface area contributed by atoms with Crippen LogP contribution in [0.4, 0.5) is 5.69 Å². The maximum absolute atomic E-state index is 13.7. The summed E-state index contributed by atoms with van der Waals surface area (Å²) in [5.41, 5.74) is 3.16. The molecule has 0 bridgehead atoms. The fourth-order valence-corrected chi connectivity index (χ4v) is 4.88. The van der Waals surface area contributed by atoms with Crippen molar-refractivity contribution < 1.29 is 14.3 Å². The van der Waals surface area contributed by atoms with E-state index < -0.39 is 17.6 Å². The van der Waals surface area contributed by atoms with Crippen LogP contribution in [0, 0.1) is 0 Å². The number of esters is 1. The number of Topliss-reactive ketones (excluding diaryl/α,β-unsaturated/α-hetero) is 1. The molecule has 1 aliphatic rings. The Morgan fingerprint density at radius 3 is 2.21 bits per heavy atom. The summed E-state index contributed by atoms with van der Waals surface area (Å²) in [5.74, 6) is -0.535. The van der Waals surface area contributed by atoms with Crippen LogP contribution in [0.25, 0.3) is 0 Å². The highest BCUT2D eigenvalue weighted by atomic mass is 16.6. The summed E-state index contributed by atoms with van der Waals surface area (Å²) in [6.45, 7) is 4.77. The van der Waals surface area contributed by atoms with Gasteiger partial charge >= 0.3 is 5.97 Å². The summed E-state index contributed by atoms with van der Waals surface area (Å²) >= 11 is 0. The highest BCUT2D eigenvalue weighted by Gasteiger charge is 2.49. The lowest BCUT2D eigenvalue weighted by molar-refractivity contribution is -0.175. The van der Waals surface area contributed by atoms with Gasteiger partial charge in [-0.25, -0.2) is 4.79 Å². The number of rotatable bonds is 9. The lowest BCUT2D eigenvalue weighted by atomic mass is 9.80. The van der Waals surface area contributed by atoms with Gasteiger partial charge in [-0.15, -0.1) is 0 Å². The van der Waals surface area contributed by atoms with Crippen LogP contribution >= 0.6 is 0 Å². The minimum Gasteiger partial charge on any atom is -0.452 e. The molecule has 0 aromatic heterocycles. The molecule has 34 heavy (non-hydrogen) atoms. The number of nitrogens with zero attached hydrogens (tertiary/aromatic N) is 1. The molecule has 2 unspecified atom stereocenters. The number of hydrogen-bond donors (Lipinski definition) is 0. The molecule has 4 nitrogen and oxygen atoms in total. The van der Waals surface area contributed by atoms with Gasteiger partial charge in [-0.1, -0.05) is 86.6 Å². The fraction of sp³-hybridized carbons (Fsp3) is 0.333. The number of benzene rings is 3. The van der Waals surface area contributed by atoms with Crippen LogP contribution in [-0.2, 0) is 32.8 Å². The minimum atomic E-state index is -0.953. The summed E-state index contributed by atoms with van der Waals surface area (Å²) in [6, 6.07) is 27.0. The Morgan fingerprint density at radius 2 is 1.56 bits per heavy atom. The Hall–Kier alpha value is -3.40. The Balaban J connectivity index is 1.65. The maximum Gasteiger partial charge on any atom is 0.337 e. The summed E-state index contributed by atoms with van der Waals surface area (Å²) in [7, 11) is 0. The molecule has 4 heteroatoms. The predicted octanol–water partition coefficient (Wildman–Crippen LogP) is 5.88. The van der Waals surface area contributed by atoms with Crippen LogP contribution in [0.5, 0.6) is 0 Å². The van der Waals surface area contributed by atoms with Crippen LogP contribution < -0.4 is 4.90 Å². The average Bonchev–Trinajstić information content (AvgIpc) is 2.88. The lowest BCUT2D eigenvalue weighted by Gasteiger charge is -2.42. The number of ether oxygens (including phenoxy) is 1. The van der Waals surface area contributed by atoms with E-state index in [1.54, 1.807) is 0 Å². The smallest absolute Gasteiger partial charge is 0.337 e. The van der Waals surface area contributed by atoms with Gasteiger partial charge in [-0.2, -0.15) is 0 Å². The van der Waals surface area contributed by atoms with Crippen LogP contribution in [0.3, 0.4) is 0 Å². The molecular formula is C30H33NO3. The number of carbonyl (C=O) groups excluding carboxylic acids is 2. The Morgan fingerprint density at radius 1 is 0.882 bits per heavy atom. The van der Waals surface area contributed by atoms with Gasteiger partial charge in [0.1, 0.15) is 5.60 Å². The van der Waals surface area contributed by atoms with E-state index in [1.165, 1.54) is 5.56 Å². The van der Waals surface area contributed by atoms with Crippen molar-refractivity contribution in [3.8, 4) is 0 Å². The molecule has 0 radical (unpaired) electrons. The first-order chi connectivity index (χ1) is 16.6. The van der Waals surface area contributed by atoms with Gasteiger partial charge in [0.05, 0.1) is 6.42 Å². The summed E-state index contributed by atoms with van der Waals surface area (Å²) in [5, 5.41) is 0. The number of anilines is 1. The van der Waals surface area contributed by atoms with Crippen LogP contribution in [0.2, 0.25) is 0 Å². The third kappa shape index (κ3) is 5.06. The first-order valence-electron chi connectivity index (χ1n) is 12.3. The van der Waals surface area contributed by atoms with E-state index >= 15 is 0 Å². The highest BCUT2D eigenvalue weighted by molar-refractivity contribution is 6.08. The van der Waals surface area contributed by atoms with Crippen LogP contribution in [0.15, 0.2) is 84.9 Å².